The maximum Gasteiger partial charge on any atom is 0.247 e. The molecule has 1 aliphatic heterocycles. The monoisotopic (exact) mass is 421 g/mol. The first-order chi connectivity index (χ1) is 13.1. The Labute approximate surface area is 166 Å². The van der Waals surface area contributed by atoms with Crippen molar-refractivity contribution in [2.45, 2.75) is 26.3 Å². The first-order valence-electron chi connectivity index (χ1n) is 8.84. The lowest BCUT2D eigenvalue weighted by atomic mass is 9.95. The van der Waals surface area contributed by atoms with Gasteiger partial charge >= 0.3 is 0 Å². The van der Waals surface area contributed by atoms with Crippen LogP contribution in [0.4, 0.5) is 5.69 Å². The van der Waals surface area contributed by atoms with Crippen molar-refractivity contribution < 1.29 is 16.8 Å². The fraction of sp³-hybridized carbons (Fsp3) is 0.316. The van der Waals surface area contributed by atoms with E-state index >= 15 is 0 Å². The van der Waals surface area contributed by atoms with Crippen molar-refractivity contribution in [2.75, 3.05) is 16.7 Å². The molecular formula is C19H23N3O4S2. The quantitative estimate of drug-likeness (QED) is 0.776. The van der Waals surface area contributed by atoms with E-state index in [-0.39, 0.29) is 5.75 Å². The van der Waals surface area contributed by atoms with E-state index in [1.54, 1.807) is 31.2 Å². The van der Waals surface area contributed by atoms with Crippen molar-refractivity contribution >= 4 is 31.4 Å². The summed E-state index contributed by atoms with van der Waals surface area (Å²) in [6, 6.07) is 14.0. The maximum absolute atomic E-state index is 12.4. The molecule has 0 spiro atoms. The highest BCUT2D eigenvalue weighted by Crippen LogP contribution is 2.37. The van der Waals surface area contributed by atoms with Gasteiger partial charge in [-0.1, -0.05) is 42.5 Å². The van der Waals surface area contributed by atoms with E-state index in [9.17, 15) is 16.8 Å². The predicted octanol–water partition coefficient (Wildman–Crippen LogP) is 2.87. The van der Waals surface area contributed by atoms with Gasteiger partial charge in [0.1, 0.15) is 0 Å². The Morgan fingerprint density at radius 1 is 1.07 bits per heavy atom. The van der Waals surface area contributed by atoms with Crippen LogP contribution in [0.3, 0.4) is 0 Å². The van der Waals surface area contributed by atoms with Gasteiger partial charge in [-0.3, -0.25) is 4.72 Å². The molecule has 2 aromatic carbocycles. The number of hydrogen-bond donors (Lipinski definition) is 1. The molecule has 0 saturated carbocycles. The van der Waals surface area contributed by atoms with Gasteiger partial charge in [-0.25, -0.2) is 16.8 Å². The summed E-state index contributed by atoms with van der Waals surface area (Å²) in [5.41, 5.74) is 3.33. The number of sulfonamides is 2. The van der Waals surface area contributed by atoms with Crippen LogP contribution in [0.2, 0.25) is 0 Å². The lowest BCUT2D eigenvalue weighted by Crippen LogP contribution is -2.26. The number of nitrogens with one attached hydrogen (secondary N) is 1. The summed E-state index contributed by atoms with van der Waals surface area (Å²) in [7, 11) is -7.08. The molecule has 0 bridgehead atoms. The minimum atomic E-state index is -3.60. The number of hydrazone groups is 1. The summed E-state index contributed by atoms with van der Waals surface area (Å²) in [6.07, 6.45) is 1.47. The average Bonchev–Trinajstić information content (AvgIpc) is 3.07. The standard InChI is InChI=1S/C19H23N3O4S2/c1-4-28(25,26)21-17-12-8-7-11-16(17)18-13-19(22(20-18)27(3,23)24)15-10-6-5-9-14(15)2/h5-12,19,21H,4,13H2,1-3H3/t19-/m0/s1. The molecule has 28 heavy (non-hydrogen) atoms. The van der Waals surface area contributed by atoms with Gasteiger partial charge in [0.2, 0.25) is 20.0 Å². The van der Waals surface area contributed by atoms with Crippen molar-refractivity contribution in [3.05, 3.63) is 65.2 Å². The molecule has 3 rings (SSSR count). The zero-order valence-corrected chi connectivity index (χ0v) is 17.6. The molecule has 0 fully saturated rings. The Bertz CT molecular complexity index is 1130. The molecule has 0 saturated heterocycles. The van der Waals surface area contributed by atoms with E-state index in [2.05, 4.69) is 9.82 Å². The minimum Gasteiger partial charge on any atom is -0.283 e. The first-order valence-corrected chi connectivity index (χ1v) is 12.3. The highest BCUT2D eigenvalue weighted by atomic mass is 32.2. The number of aryl methyl sites for hydroxylation is 1. The van der Waals surface area contributed by atoms with Gasteiger partial charge in [0.15, 0.2) is 0 Å². The van der Waals surface area contributed by atoms with E-state index < -0.39 is 26.1 Å². The average molecular weight is 422 g/mol. The smallest absolute Gasteiger partial charge is 0.247 e. The van der Waals surface area contributed by atoms with E-state index in [0.29, 0.717) is 23.4 Å². The fourth-order valence-electron chi connectivity index (χ4n) is 3.21. The summed E-state index contributed by atoms with van der Waals surface area (Å²) in [4.78, 5) is 0. The molecule has 0 amide bonds. The molecule has 1 atom stereocenters. The Balaban J connectivity index is 2.06. The summed E-state index contributed by atoms with van der Waals surface area (Å²) >= 11 is 0. The van der Waals surface area contributed by atoms with Crippen molar-refractivity contribution in [3.63, 3.8) is 0 Å². The highest BCUT2D eigenvalue weighted by molar-refractivity contribution is 7.92. The number of hydrogen-bond acceptors (Lipinski definition) is 5. The first kappa shape index (κ1) is 20.3. The van der Waals surface area contributed by atoms with E-state index in [1.807, 2.05) is 31.2 Å². The number of nitrogens with zero attached hydrogens (tertiary/aromatic N) is 2. The summed E-state index contributed by atoms with van der Waals surface area (Å²) in [5, 5.41) is 4.37. The zero-order chi connectivity index (χ0) is 20.5. The predicted molar refractivity (Wildman–Crippen MR) is 111 cm³/mol. The third kappa shape index (κ3) is 4.20. The van der Waals surface area contributed by atoms with Crippen LogP contribution in [0, 0.1) is 6.92 Å². The van der Waals surface area contributed by atoms with Crippen LogP contribution >= 0.6 is 0 Å². The van der Waals surface area contributed by atoms with Gasteiger partial charge in [0.05, 0.1) is 29.4 Å². The molecule has 0 aliphatic carbocycles. The summed E-state index contributed by atoms with van der Waals surface area (Å²) in [5.74, 6) is -0.0604. The van der Waals surface area contributed by atoms with Crippen LogP contribution in [-0.4, -0.2) is 39.0 Å². The molecular weight excluding hydrogens is 398 g/mol. The molecule has 0 unspecified atom stereocenters. The largest absolute Gasteiger partial charge is 0.283 e. The van der Waals surface area contributed by atoms with Crippen LogP contribution < -0.4 is 4.72 Å². The Kier molecular flexibility index (Phi) is 5.49. The second kappa shape index (κ2) is 7.56. The Hall–Kier alpha value is -2.39. The van der Waals surface area contributed by atoms with Gasteiger partial charge < -0.3 is 0 Å². The van der Waals surface area contributed by atoms with Gasteiger partial charge in [0.25, 0.3) is 0 Å². The van der Waals surface area contributed by atoms with Crippen molar-refractivity contribution in [3.8, 4) is 0 Å². The van der Waals surface area contributed by atoms with E-state index in [1.165, 1.54) is 0 Å². The minimum absolute atomic E-state index is 0.0604. The van der Waals surface area contributed by atoms with Gasteiger partial charge in [-0.2, -0.15) is 9.52 Å². The molecule has 7 nitrogen and oxygen atoms in total. The van der Waals surface area contributed by atoms with Crippen molar-refractivity contribution in [1.29, 1.82) is 0 Å². The Morgan fingerprint density at radius 3 is 2.36 bits per heavy atom. The molecule has 150 valence electrons. The third-order valence-electron chi connectivity index (χ3n) is 4.64. The SMILES string of the molecule is CCS(=O)(=O)Nc1ccccc1C1=NN(S(C)(=O)=O)[C@H](c2ccccc2C)C1. The zero-order valence-electron chi connectivity index (χ0n) is 16.0. The molecule has 1 N–H and O–H groups in total. The topological polar surface area (TPSA) is 95.9 Å². The second-order valence-electron chi connectivity index (χ2n) is 6.71. The molecule has 1 aliphatic rings. The van der Waals surface area contributed by atoms with Crippen LogP contribution in [-0.2, 0) is 20.0 Å². The fourth-order valence-corrected chi connectivity index (χ4v) is 4.77. The van der Waals surface area contributed by atoms with Crippen LogP contribution in [0.1, 0.15) is 36.1 Å². The number of benzene rings is 2. The van der Waals surface area contributed by atoms with Crippen LogP contribution in [0.15, 0.2) is 53.6 Å². The molecule has 0 radical (unpaired) electrons. The molecule has 0 aromatic heterocycles. The van der Waals surface area contributed by atoms with Gasteiger partial charge in [0, 0.05) is 12.0 Å². The highest BCUT2D eigenvalue weighted by Gasteiger charge is 2.35. The summed E-state index contributed by atoms with van der Waals surface area (Å²) in [6.45, 7) is 3.48. The lowest BCUT2D eigenvalue weighted by molar-refractivity contribution is 0.374. The van der Waals surface area contributed by atoms with Crippen LogP contribution in [0.5, 0.6) is 0 Å². The Morgan fingerprint density at radius 2 is 1.71 bits per heavy atom. The second-order valence-corrected chi connectivity index (χ2v) is 10.6. The number of rotatable bonds is 6. The van der Waals surface area contributed by atoms with Crippen LogP contribution in [0.25, 0.3) is 0 Å². The van der Waals surface area contributed by atoms with E-state index in [4.69, 9.17) is 0 Å². The lowest BCUT2D eigenvalue weighted by Gasteiger charge is -2.22. The normalized spacial score (nSPS) is 17.5. The molecule has 2 aromatic rings. The van der Waals surface area contributed by atoms with Gasteiger partial charge in [-0.15, -0.1) is 0 Å². The summed E-state index contributed by atoms with van der Waals surface area (Å²) < 4.78 is 52.5. The van der Waals surface area contributed by atoms with Gasteiger partial charge in [-0.05, 0) is 31.0 Å². The molecule has 9 heteroatoms. The molecule has 1 heterocycles. The van der Waals surface area contributed by atoms with E-state index in [0.717, 1.165) is 21.8 Å². The number of para-hydroxylation sites is 1. The number of anilines is 1. The van der Waals surface area contributed by atoms with Crippen molar-refractivity contribution in [1.82, 2.24) is 4.41 Å². The maximum atomic E-state index is 12.4. The van der Waals surface area contributed by atoms with Crippen molar-refractivity contribution in [2.24, 2.45) is 5.10 Å². The third-order valence-corrected chi connectivity index (χ3v) is 6.95.